The summed E-state index contributed by atoms with van der Waals surface area (Å²) < 4.78 is 37.9. The third kappa shape index (κ3) is 3.42. The van der Waals surface area contributed by atoms with Gasteiger partial charge in [0, 0.05) is 19.6 Å². The number of nitrogens with zero attached hydrogens (tertiary/aromatic N) is 1. The van der Waals surface area contributed by atoms with Crippen molar-refractivity contribution in [1.29, 1.82) is 0 Å². The van der Waals surface area contributed by atoms with Gasteiger partial charge in [0.15, 0.2) is 0 Å². The van der Waals surface area contributed by atoms with Crippen LogP contribution in [0.2, 0.25) is 0 Å². The summed E-state index contributed by atoms with van der Waals surface area (Å²) in [5, 5.41) is 3.22. The first kappa shape index (κ1) is 17.7. The number of benzene rings is 1. The molecule has 4 bridgehead atoms. The van der Waals surface area contributed by atoms with Crippen LogP contribution < -0.4 is 5.32 Å². The molecule has 0 unspecified atom stereocenters. The molecule has 2 amide bonds. The number of carbonyl (C=O) groups is 1. The topological polar surface area (TPSA) is 32.3 Å². The van der Waals surface area contributed by atoms with Gasteiger partial charge in [-0.1, -0.05) is 12.1 Å². The number of halogens is 3. The Morgan fingerprint density at radius 1 is 1.04 bits per heavy atom. The van der Waals surface area contributed by atoms with Crippen molar-refractivity contribution < 1.29 is 18.0 Å². The van der Waals surface area contributed by atoms with Crippen molar-refractivity contribution in [2.24, 2.45) is 23.7 Å². The third-order valence-corrected chi connectivity index (χ3v) is 6.56. The number of carbonyl (C=O) groups excluding carboxylic acids is 1. The molecule has 4 aliphatic carbocycles. The Morgan fingerprint density at radius 3 is 2.08 bits per heavy atom. The van der Waals surface area contributed by atoms with Gasteiger partial charge in [-0.15, -0.1) is 0 Å². The van der Waals surface area contributed by atoms with E-state index in [9.17, 15) is 18.0 Å². The van der Waals surface area contributed by atoms with E-state index in [1.54, 1.807) is 11.9 Å². The molecule has 0 spiro atoms. The minimum absolute atomic E-state index is 0.123. The van der Waals surface area contributed by atoms with Gasteiger partial charge in [-0.05, 0) is 73.5 Å². The molecule has 0 aliphatic heterocycles. The highest BCUT2D eigenvalue weighted by Crippen LogP contribution is 2.53. The summed E-state index contributed by atoms with van der Waals surface area (Å²) >= 11 is 0. The summed E-state index contributed by atoms with van der Waals surface area (Å²) in [5.41, 5.74) is 0.0303. The second-order valence-electron chi connectivity index (χ2n) is 8.46. The predicted octanol–water partition coefficient (Wildman–Crippen LogP) is 4.67. The molecule has 1 N–H and O–H groups in total. The van der Waals surface area contributed by atoms with E-state index in [0.717, 1.165) is 24.0 Å². The number of alkyl halides is 3. The average Bonchev–Trinajstić information content (AvgIpc) is 2.57. The maximum atomic E-state index is 12.6. The van der Waals surface area contributed by atoms with Gasteiger partial charge in [-0.2, -0.15) is 13.2 Å². The number of nitrogens with one attached hydrogen (secondary N) is 1. The molecule has 3 nitrogen and oxygen atoms in total. The van der Waals surface area contributed by atoms with Crippen molar-refractivity contribution in [3.63, 3.8) is 0 Å². The zero-order valence-corrected chi connectivity index (χ0v) is 14.9. The van der Waals surface area contributed by atoms with Crippen LogP contribution in [0.1, 0.15) is 43.2 Å². The van der Waals surface area contributed by atoms with Crippen molar-refractivity contribution in [2.75, 3.05) is 7.05 Å². The molecule has 0 radical (unpaired) electrons. The minimum Gasteiger partial charge on any atom is -0.335 e. The lowest BCUT2D eigenvalue weighted by Crippen LogP contribution is -2.57. The standard InChI is InChI=1S/C20H25F3N2O/c1-25(11-12-2-4-17(5-3-12)20(21,22)23)19(26)24-18-15-7-13-6-14(9-15)10-16(18)8-13/h2-5,13-16,18H,6-11H2,1H3,(H,24,26). The van der Waals surface area contributed by atoms with Crippen LogP contribution in [0.25, 0.3) is 0 Å². The van der Waals surface area contributed by atoms with Gasteiger partial charge in [-0.25, -0.2) is 4.79 Å². The van der Waals surface area contributed by atoms with Crippen molar-refractivity contribution in [3.8, 4) is 0 Å². The summed E-state index contributed by atoms with van der Waals surface area (Å²) in [7, 11) is 1.70. The largest absolute Gasteiger partial charge is 0.416 e. The lowest BCUT2D eigenvalue weighted by Gasteiger charge is -2.54. The molecule has 142 valence electrons. The van der Waals surface area contributed by atoms with Crippen molar-refractivity contribution in [1.82, 2.24) is 10.2 Å². The second-order valence-corrected chi connectivity index (χ2v) is 8.46. The molecule has 6 heteroatoms. The number of hydrogen-bond acceptors (Lipinski definition) is 1. The molecule has 26 heavy (non-hydrogen) atoms. The van der Waals surface area contributed by atoms with E-state index in [1.807, 2.05) is 0 Å². The molecule has 1 aromatic rings. The Kier molecular flexibility index (Phi) is 4.40. The average molecular weight is 366 g/mol. The van der Waals surface area contributed by atoms with E-state index in [4.69, 9.17) is 0 Å². The summed E-state index contributed by atoms with van der Waals surface area (Å²) in [6, 6.07) is 5.16. The van der Waals surface area contributed by atoms with Crippen LogP contribution in [0.15, 0.2) is 24.3 Å². The minimum atomic E-state index is -4.33. The smallest absolute Gasteiger partial charge is 0.335 e. The SMILES string of the molecule is CN(Cc1ccc(C(F)(F)F)cc1)C(=O)NC1C2CC3CC(C2)CC1C3. The van der Waals surface area contributed by atoms with Gasteiger partial charge < -0.3 is 10.2 Å². The van der Waals surface area contributed by atoms with Crippen molar-refractivity contribution in [3.05, 3.63) is 35.4 Å². The zero-order chi connectivity index (χ0) is 18.5. The molecule has 4 fully saturated rings. The first-order chi connectivity index (χ1) is 12.3. The fraction of sp³-hybridized carbons (Fsp3) is 0.650. The molecule has 0 heterocycles. The Balaban J connectivity index is 1.35. The first-order valence-electron chi connectivity index (χ1n) is 9.47. The Morgan fingerprint density at radius 2 is 1.58 bits per heavy atom. The fourth-order valence-electron chi connectivity index (χ4n) is 5.56. The summed E-state index contributed by atoms with van der Waals surface area (Å²) in [6.45, 7) is 0.303. The van der Waals surface area contributed by atoms with Gasteiger partial charge >= 0.3 is 12.2 Å². The Bertz CT molecular complexity index is 643. The molecular weight excluding hydrogens is 341 g/mol. The van der Waals surface area contributed by atoms with Crippen LogP contribution in [-0.2, 0) is 12.7 Å². The van der Waals surface area contributed by atoms with Gasteiger partial charge in [0.05, 0.1) is 5.56 Å². The first-order valence-corrected chi connectivity index (χ1v) is 9.47. The monoisotopic (exact) mass is 366 g/mol. The predicted molar refractivity (Wildman–Crippen MR) is 92.3 cm³/mol. The van der Waals surface area contributed by atoms with Gasteiger partial charge in [-0.3, -0.25) is 0 Å². The highest BCUT2D eigenvalue weighted by Gasteiger charge is 2.48. The molecule has 0 saturated heterocycles. The lowest BCUT2D eigenvalue weighted by molar-refractivity contribution is -0.137. The third-order valence-electron chi connectivity index (χ3n) is 6.56. The highest BCUT2D eigenvalue weighted by molar-refractivity contribution is 5.74. The van der Waals surface area contributed by atoms with Crippen LogP contribution in [0.3, 0.4) is 0 Å². The zero-order valence-electron chi connectivity index (χ0n) is 14.9. The fourth-order valence-corrected chi connectivity index (χ4v) is 5.56. The van der Waals surface area contributed by atoms with Gasteiger partial charge in [0.2, 0.25) is 0 Å². The maximum absolute atomic E-state index is 12.6. The lowest BCUT2D eigenvalue weighted by atomic mass is 9.54. The molecule has 0 atom stereocenters. The van der Waals surface area contributed by atoms with Gasteiger partial charge in [0.1, 0.15) is 0 Å². The Hall–Kier alpha value is -1.72. The van der Waals surface area contributed by atoms with E-state index >= 15 is 0 Å². The number of amides is 2. The van der Waals surface area contributed by atoms with E-state index in [0.29, 0.717) is 23.9 Å². The number of rotatable bonds is 3. The molecule has 0 aromatic heterocycles. The number of hydrogen-bond donors (Lipinski definition) is 1. The van der Waals surface area contributed by atoms with E-state index in [-0.39, 0.29) is 12.1 Å². The van der Waals surface area contributed by atoms with Crippen LogP contribution in [-0.4, -0.2) is 24.0 Å². The molecule has 1 aromatic carbocycles. The number of urea groups is 1. The molecule has 5 rings (SSSR count). The van der Waals surface area contributed by atoms with E-state index in [1.165, 1.54) is 44.2 Å². The van der Waals surface area contributed by atoms with Crippen LogP contribution >= 0.6 is 0 Å². The Labute approximate surface area is 151 Å². The van der Waals surface area contributed by atoms with Crippen LogP contribution in [0, 0.1) is 23.7 Å². The quantitative estimate of drug-likeness (QED) is 0.828. The normalized spacial score (nSPS) is 32.5. The summed E-state index contributed by atoms with van der Waals surface area (Å²) in [5.74, 6) is 2.93. The maximum Gasteiger partial charge on any atom is 0.416 e. The summed E-state index contributed by atoms with van der Waals surface area (Å²) in [6.07, 6.45) is 1.99. The van der Waals surface area contributed by atoms with Crippen LogP contribution in [0.5, 0.6) is 0 Å². The van der Waals surface area contributed by atoms with E-state index in [2.05, 4.69) is 5.32 Å². The van der Waals surface area contributed by atoms with Crippen molar-refractivity contribution >= 4 is 6.03 Å². The summed E-state index contributed by atoms with van der Waals surface area (Å²) in [4.78, 5) is 14.2. The molecule has 4 saturated carbocycles. The van der Waals surface area contributed by atoms with Crippen LogP contribution in [0.4, 0.5) is 18.0 Å². The van der Waals surface area contributed by atoms with Crippen molar-refractivity contribution in [2.45, 2.75) is 50.9 Å². The molecule has 4 aliphatic rings. The highest BCUT2D eigenvalue weighted by atomic mass is 19.4. The second kappa shape index (κ2) is 6.46. The molecular formula is C20H25F3N2O. The van der Waals surface area contributed by atoms with E-state index < -0.39 is 11.7 Å². The van der Waals surface area contributed by atoms with Gasteiger partial charge in [0.25, 0.3) is 0 Å².